The summed E-state index contributed by atoms with van der Waals surface area (Å²) in [6, 6.07) is 6.04. The number of aromatic nitrogens is 2. The van der Waals surface area contributed by atoms with E-state index in [0.29, 0.717) is 18.2 Å². The van der Waals surface area contributed by atoms with Crippen LogP contribution in [0.4, 0.5) is 5.82 Å². The third-order valence-corrected chi connectivity index (χ3v) is 6.07. The van der Waals surface area contributed by atoms with Gasteiger partial charge in [-0.25, -0.2) is 9.97 Å². The van der Waals surface area contributed by atoms with Gasteiger partial charge in [-0.05, 0) is 49.1 Å². The normalized spacial score (nSPS) is 16.4. The number of nitrogens with one attached hydrogen (secondary N) is 1. The highest BCUT2D eigenvalue weighted by Gasteiger charge is 2.23. The fourth-order valence-corrected chi connectivity index (χ4v) is 4.51. The maximum atomic E-state index is 12.6. The number of hydrogen-bond donors (Lipinski definition) is 2. The van der Waals surface area contributed by atoms with Gasteiger partial charge in [0.1, 0.15) is 0 Å². The Morgan fingerprint density at radius 2 is 2.00 bits per heavy atom. The fraction of sp³-hybridized carbons (Fsp3) is 0.522. The van der Waals surface area contributed by atoms with Crippen LogP contribution >= 0.6 is 0 Å². The molecule has 1 aromatic carbocycles. The molecule has 2 N–H and O–H groups in total. The number of carbonyl (C=O) groups is 1. The number of amides is 1. The van der Waals surface area contributed by atoms with Crippen LogP contribution in [0.2, 0.25) is 0 Å². The number of anilines is 1. The van der Waals surface area contributed by atoms with Crippen molar-refractivity contribution in [3.8, 4) is 11.3 Å². The second-order valence-corrected chi connectivity index (χ2v) is 8.07. The monoisotopic (exact) mass is 379 g/mol. The first-order valence-electron chi connectivity index (χ1n) is 10.6. The van der Waals surface area contributed by atoms with Gasteiger partial charge in [0.25, 0.3) is 0 Å². The summed E-state index contributed by atoms with van der Waals surface area (Å²) in [6.45, 7) is 2.10. The molecular weight excluding hydrogens is 350 g/mol. The Bertz CT molecular complexity index is 872. The zero-order valence-electron chi connectivity index (χ0n) is 16.6. The van der Waals surface area contributed by atoms with E-state index in [2.05, 4.69) is 11.4 Å². The Morgan fingerprint density at radius 3 is 2.75 bits per heavy atom. The average molecular weight is 380 g/mol. The van der Waals surface area contributed by atoms with Crippen molar-refractivity contribution in [2.45, 2.75) is 71.3 Å². The highest BCUT2D eigenvalue weighted by atomic mass is 16.3. The fourth-order valence-electron chi connectivity index (χ4n) is 4.51. The molecule has 1 heterocycles. The molecule has 4 rings (SSSR count). The van der Waals surface area contributed by atoms with Crippen molar-refractivity contribution in [2.24, 2.45) is 5.92 Å². The van der Waals surface area contributed by atoms with E-state index in [1.807, 2.05) is 19.1 Å². The van der Waals surface area contributed by atoms with Crippen molar-refractivity contribution in [3.05, 3.63) is 40.7 Å². The van der Waals surface area contributed by atoms with Gasteiger partial charge < -0.3 is 10.4 Å². The summed E-state index contributed by atoms with van der Waals surface area (Å²) in [5.41, 5.74) is 5.96. The molecule has 28 heavy (non-hydrogen) atoms. The molecule has 1 saturated carbocycles. The predicted molar refractivity (Wildman–Crippen MR) is 110 cm³/mol. The van der Waals surface area contributed by atoms with Crippen LogP contribution in [0, 0.1) is 5.92 Å². The number of benzene rings is 1. The Kier molecular flexibility index (Phi) is 5.72. The maximum absolute atomic E-state index is 12.6. The lowest BCUT2D eigenvalue weighted by Crippen LogP contribution is -2.21. The van der Waals surface area contributed by atoms with Gasteiger partial charge in [0.05, 0.1) is 23.7 Å². The lowest BCUT2D eigenvalue weighted by molar-refractivity contribution is -0.117. The zero-order valence-corrected chi connectivity index (χ0v) is 16.6. The summed E-state index contributed by atoms with van der Waals surface area (Å²) in [7, 11) is 0. The molecule has 2 aliphatic carbocycles. The Labute approximate surface area is 166 Å². The number of fused-ring (bicyclic) bond motifs is 3. The van der Waals surface area contributed by atoms with E-state index in [4.69, 9.17) is 9.97 Å². The number of carbonyl (C=O) groups excluding carboxylic acids is 1. The van der Waals surface area contributed by atoms with E-state index >= 15 is 0 Å². The molecule has 0 atom stereocenters. The summed E-state index contributed by atoms with van der Waals surface area (Å²) in [6.07, 6.45) is 9.12. The standard InChI is InChI=1S/C23H29N3O2/c1-2-19-23(26-21(28)13-15-6-4-3-5-7-15)25-20-11-9-17-12-16(14-27)8-10-18(17)22(20)24-19/h8,10,12,15,27H,2-7,9,11,13-14H2,1H3,(H,25,26,28). The summed E-state index contributed by atoms with van der Waals surface area (Å²) >= 11 is 0. The number of aliphatic hydroxyl groups excluding tert-OH is 1. The van der Waals surface area contributed by atoms with Gasteiger partial charge in [0.15, 0.2) is 5.82 Å². The molecule has 0 unspecified atom stereocenters. The second kappa shape index (κ2) is 8.39. The van der Waals surface area contributed by atoms with E-state index in [1.54, 1.807) is 0 Å². The maximum Gasteiger partial charge on any atom is 0.225 e. The molecule has 0 bridgehead atoms. The quantitative estimate of drug-likeness (QED) is 0.816. The topological polar surface area (TPSA) is 75.1 Å². The molecular formula is C23H29N3O2. The van der Waals surface area contributed by atoms with Crippen molar-refractivity contribution < 1.29 is 9.90 Å². The van der Waals surface area contributed by atoms with Crippen LogP contribution in [0.1, 0.15) is 68.0 Å². The van der Waals surface area contributed by atoms with Crippen LogP contribution in [0.5, 0.6) is 0 Å². The number of nitrogens with zero attached hydrogens (tertiary/aromatic N) is 2. The van der Waals surface area contributed by atoms with Crippen molar-refractivity contribution in [3.63, 3.8) is 0 Å². The Balaban J connectivity index is 1.57. The lowest BCUT2D eigenvalue weighted by atomic mass is 9.87. The van der Waals surface area contributed by atoms with E-state index in [1.165, 1.54) is 24.8 Å². The molecule has 1 fully saturated rings. The van der Waals surface area contributed by atoms with Crippen LogP contribution in [0.15, 0.2) is 18.2 Å². The van der Waals surface area contributed by atoms with Gasteiger partial charge in [-0.3, -0.25) is 4.79 Å². The summed E-state index contributed by atoms with van der Waals surface area (Å²) in [5, 5.41) is 12.4. The first-order chi connectivity index (χ1) is 13.7. The first-order valence-corrected chi connectivity index (χ1v) is 10.6. The van der Waals surface area contributed by atoms with Crippen molar-refractivity contribution in [1.29, 1.82) is 0 Å². The molecule has 0 saturated heterocycles. The van der Waals surface area contributed by atoms with Crippen LogP contribution in [0.3, 0.4) is 0 Å². The molecule has 1 amide bonds. The number of rotatable bonds is 5. The molecule has 0 radical (unpaired) electrons. The molecule has 5 nitrogen and oxygen atoms in total. The van der Waals surface area contributed by atoms with E-state index < -0.39 is 0 Å². The minimum atomic E-state index is 0.0536. The second-order valence-electron chi connectivity index (χ2n) is 8.07. The highest BCUT2D eigenvalue weighted by molar-refractivity contribution is 5.90. The molecule has 0 aliphatic heterocycles. The van der Waals surface area contributed by atoms with Crippen LogP contribution in [0.25, 0.3) is 11.3 Å². The number of hydrogen-bond acceptors (Lipinski definition) is 4. The SMILES string of the molecule is CCc1nc2c(nc1NC(=O)CC1CCCCC1)CCc1cc(CO)ccc1-2. The zero-order chi connectivity index (χ0) is 19.5. The van der Waals surface area contributed by atoms with Gasteiger partial charge in [-0.1, -0.05) is 44.4 Å². The smallest absolute Gasteiger partial charge is 0.225 e. The van der Waals surface area contributed by atoms with E-state index in [0.717, 1.165) is 60.3 Å². The molecule has 0 spiro atoms. The third kappa shape index (κ3) is 3.95. The van der Waals surface area contributed by atoms with Gasteiger partial charge >= 0.3 is 0 Å². The van der Waals surface area contributed by atoms with Crippen LogP contribution in [-0.4, -0.2) is 21.0 Å². The van der Waals surface area contributed by atoms with E-state index in [9.17, 15) is 9.90 Å². The summed E-state index contributed by atoms with van der Waals surface area (Å²) < 4.78 is 0. The number of aryl methyl sites for hydroxylation is 3. The molecule has 1 aromatic heterocycles. The van der Waals surface area contributed by atoms with Crippen LogP contribution < -0.4 is 5.32 Å². The first kappa shape index (κ1) is 19.1. The van der Waals surface area contributed by atoms with E-state index in [-0.39, 0.29) is 12.5 Å². The van der Waals surface area contributed by atoms with Gasteiger partial charge in [0, 0.05) is 12.0 Å². The Morgan fingerprint density at radius 1 is 1.18 bits per heavy atom. The Hall–Kier alpha value is -2.27. The third-order valence-electron chi connectivity index (χ3n) is 6.07. The average Bonchev–Trinajstić information content (AvgIpc) is 2.73. The highest BCUT2D eigenvalue weighted by Crippen LogP contribution is 2.34. The lowest BCUT2D eigenvalue weighted by Gasteiger charge is -2.22. The molecule has 5 heteroatoms. The largest absolute Gasteiger partial charge is 0.392 e. The number of aliphatic hydroxyl groups is 1. The van der Waals surface area contributed by atoms with Crippen LogP contribution in [-0.2, 0) is 30.7 Å². The van der Waals surface area contributed by atoms with Gasteiger partial charge in [-0.2, -0.15) is 0 Å². The van der Waals surface area contributed by atoms with Crippen molar-refractivity contribution >= 4 is 11.7 Å². The predicted octanol–water partition coefficient (Wildman–Crippen LogP) is 4.21. The minimum absolute atomic E-state index is 0.0536. The van der Waals surface area contributed by atoms with Gasteiger partial charge in [0.2, 0.25) is 5.91 Å². The molecule has 2 aromatic rings. The summed E-state index contributed by atoms with van der Waals surface area (Å²) in [4.78, 5) is 22.3. The van der Waals surface area contributed by atoms with Crippen molar-refractivity contribution in [1.82, 2.24) is 9.97 Å². The minimum Gasteiger partial charge on any atom is -0.392 e. The molecule has 2 aliphatic rings. The van der Waals surface area contributed by atoms with Crippen molar-refractivity contribution in [2.75, 3.05) is 5.32 Å². The molecule has 148 valence electrons. The summed E-state index contributed by atoms with van der Waals surface area (Å²) in [5.74, 6) is 1.22. The van der Waals surface area contributed by atoms with Gasteiger partial charge in [-0.15, -0.1) is 0 Å².